The molecule has 2 aromatic rings. The topological polar surface area (TPSA) is 82.9 Å². The zero-order valence-corrected chi connectivity index (χ0v) is 20.0. The Kier molecular flexibility index (Phi) is 9.41. The molecule has 1 aromatic carbocycles. The lowest BCUT2D eigenvalue weighted by molar-refractivity contribution is 0.112. The van der Waals surface area contributed by atoms with Gasteiger partial charge in [0.15, 0.2) is 0 Å². The fraction of sp³-hybridized carbons (Fsp3) is 0.481. The summed E-state index contributed by atoms with van der Waals surface area (Å²) in [4.78, 5) is 4.15. The van der Waals surface area contributed by atoms with Gasteiger partial charge in [-0.3, -0.25) is 4.98 Å². The lowest BCUT2D eigenvalue weighted by Gasteiger charge is -2.21. The van der Waals surface area contributed by atoms with E-state index >= 15 is 0 Å². The molecule has 0 saturated heterocycles. The average Bonchev–Trinajstić information content (AvgIpc) is 2.75. The van der Waals surface area contributed by atoms with Crippen LogP contribution >= 0.6 is 0 Å². The molecule has 3 rings (SSSR count). The van der Waals surface area contributed by atoms with Crippen LogP contribution in [0.25, 0.3) is 5.57 Å². The van der Waals surface area contributed by atoms with E-state index in [9.17, 15) is 9.65 Å². The third-order valence-electron chi connectivity index (χ3n) is 6.08. The fourth-order valence-corrected chi connectivity index (χ4v) is 4.22. The number of nitriles is 1. The maximum absolute atomic E-state index is 14.2. The summed E-state index contributed by atoms with van der Waals surface area (Å²) in [5, 5.41) is 18.4. The van der Waals surface area contributed by atoms with Crippen LogP contribution in [0.4, 0.5) is 10.1 Å². The quantitative estimate of drug-likeness (QED) is 0.566. The SMILES string of the molecule is CC/C=C(\c1cc(C#N)c(C)cc1C)c1cncc(N)c1C(C)F.CC1CCC(O)CC1. The second kappa shape index (κ2) is 11.8. The lowest BCUT2D eigenvalue weighted by atomic mass is 9.88. The molecule has 1 fully saturated rings. The van der Waals surface area contributed by atoms with Crippen molar-refractivity contribution >= 4 is 11.3 Å². The van der Waals surface area contributed by atoms with Crippen LogP contribution in [0.5, 0.6) is 0 Å². The number of hydrogen-bond acceptors (Lipinski definition) is 4. The molecule has 1 saturated carbocycles. The molecule has 1 aromatic heterocycles. The first-order chi connectivity index (χ1) is 15.2. The van der Waals surface area contributed by atoms with Gasteiger partial charge >= 0.3 is 0 Å². The lowest BCUT2D eigenvalue weighted by Crippen LogP contribution is -2.15. The van der Waals surface area contributed by atoms with Crippen LogP contribution in [0.2, 0.25) is 0 Å². The number of benzene rings is 1. The number of nitrogen functional groups attached to an aromatic ring is 1. The van der Waals surface area contributed by atoms with Crippen molar-refractivity contribution in [3.05, 3.63) is 64.0 Å². The Morgan fingerprint density at radius 2 is 1.88 bits per heavy atom. The van der Waals surface area contributed by atoms with Crippen LogP contribution in [-0.2, 0) is 0 Å². The van der Waals surface area contributed by atoms with Gasteiger partial charge in [-0.2, -0.15) is 5.26 Å². The van der Waals surface area contributed by atoms with Gasteiger partial charge in [-0.05, 0) is 87.1 Å². The summed E-state index contributed by atoms with van der Waals surface area (Å²) in [5.41, 5.74) is 11.8. The van der Waals surface area contributed by atoms with Gasteiger partial charge in [0.1, 0.15) is 6.17 Å². The van der Waals surface area contributed by atoms with E-state index in [2.05, 4.69) is 18.0 Å². The number of aliphatic hydroxyl groups is 1. The average molecular weight is 438 g/mol. The summed E-state index contributed by atoms with van der Waals surface area (Å²) in [6.07, 6.45) is 9.25. The molecule has 0 aliphatic heterocycles. The van der Waals surface area contributed by atoms with E-state index < -0.39 is 6.17 Å². The van der Waals surface area contributed by atoms with E-state index in [-0.39, 0.29) is 6.10 Å². The molecular weight excluding hydrogens is 401 g/mol. The van der Waals surface area contributed by atoms with E-state index in [0.717, 1.165) is 47.4 Å². The van der Waals surface area contributed by atoms with Crippen molar-refractivity contribution in [3.63, 3.8) is 0 Å². The number of nitrogens with zero attached hydrogens (tertiary/aromatic N) is 2. The molecule has 1 heterocycles. The number of alkyl halides is 1. The number of nitrogens with two attached hydrogens (primary N) is 1. The predicted molar refractivity (Wildman–Crippen MR) is 130 cm³/mol. The molecule has 3 N–H and O–H groups in total. The first-order valence-electron chi connectivity index (χ1n) is 11.5. The number of aryl methyl sites for hydroxylation is 2. The Bertz CT molecular complexity index is 973. The van der Waals surface area contributed by atoms with Gasteiger partial charge < -0.3 is 10.8 Å². The predicted octanol–water partition coefficient (Wildman–Crippen LogP) is 6.58. The summed E-state index contributed by atoms with van der Waals surface area (Å²) < 4.78 is 14.2. The molecule has 5 heteroatoms. The van der Waals surface area contributed by atoms with Crippen molar-refractivity contribution in [3.8, 4) is 6.07 Å². The van der Waals surface area contributed by atoms with Gasteiger partial charge in [0, 0.05) is 17.3 Å². The largest absolute Gasteiger partial charge is 0.397 e. The third kappa shape index (κ3) is 6.40. The summed E-state index contributed by atoms with van der Waals surface area (Å²) in [5.74, 6) is 0.860. The van der Waals surface area contributed by atoms with Gasteiger partial charge in [0.05, 0.1) is 29.6 Å². The number of aliphatic hydroxyl groups excluding tert-OH is 1. The van der Waals surface area contributed by atoms with Crippen molar-refractivity contribution in [2.24, 2.45) is 5.92 Å². The molecule has 1 atom stereocenters. The number of halogens is 1. The molecule has 32 heavy (non-hydrogen) atoms. The number of anilines is 1. The highest BCUT2D eigenvalue weighted by Crippen LogP contribution is 2.36. The van der Waals surface area contributed by atoms with Crippen LogP contribution < -0.4 is 5.73 Å². The Balaban J connectivity index is 0.000000380. The van der Waals surface area contributed by atoms with Crippen LogP contribution in [0.15, 0.2) is 30.6 Å². The monoisotopic (exact) mass is 437 g/mol. The number of hydrogen-bond donors (Lipinski definition) is 2. The molecule has 1 unspecified atom stereocenters. The Hall–Kier alpha value is -2.71. The molecular formula is C27H36FN3O. The van der Waals surface area contributed by atoms with Crippen molar-refractivity contribution < 1.29 is 9.50 Å². The Labute approximate surface area is 192 Å². The van der Waals surface area contributed by atoms with Gasteiger partial charge in [-0.15, -0.1) is 0 Å². The minimum Gasteiger partial charge on any atom is -0.397 e. The zero-order valence-electron chi connectivity index (χ0n) is 20.0. The van der Waals surface area contributed by atoms with Crippen LogP contribution in [0.1, 0.15) is 92.4 Å². The smallest absolute Gasteiger partial charge is 0.125 e. The number of rotatable bonds is 4. The Morgan fingerprint density at radius 3 is 2.41 bits per heavy atom. The maximum atomic E-state index is 14.2. The number of allylic oxidation sites excluding steroid dienone is 1. The van der Waals surface area contributed by atoms with Gasteiger partial charge in [-0.25, -0.2) is 4.39 Å². The standard InChI is InChI=1S/C20H22FN3.C7H14O/c1-5-6-16(17-8-15(9-22)12(2)7-13(17)3)18-10-24-11-19(23)20(18)14(4)21;1-6-2-4-7(8)5-3-6/h6-8,10-11,14H,5,23H2,1-4H3;6-8H,2-5H2,1H3/b16-6+;. The third-order valence-corrected chi connectivity index (χ3v) is 6.08. The van der Waals surface area contributed by atoms with Crippen LogP contribution in [-0.4, -0.2) is 16.2 Å². The van der Waals surface area contributed by atoms with E-state index in [1.54, 1.807) is 6.20 Å². The van der Waals surface area contributed by atoms with Crippen molar-refractivity contribution in [2.45, 2.75) is 79.0 Å². The highest BCUT2D eigenvalue weighted by molar-refractivity contribution is 5.85. The summed E-state index contributed by atoms with van der Waals surface area (Å²) in [6, 6.07) is 6.06. The molecule has 0 bridgehead atoms. The van der Waals surface area contributed by atoms with E-state index in [1.807, 2.05) is 39.0 Å². The Morgan fingerprint density at radius 1 is 1.22 bits per heavy atom. The molecule has 0 amide bonds. The normalized spacial score (nSPS) is 19.5. The molecule has 0 radical (unpaired) electrons. The highest BCUT2D eigenvalue weighted by Gasteiger charge is 2.19. The van der Waals surface area contributed by atoms with Crippen LogP contribution in [0.3, 0.4) is 0 Å². The first kappa shape index (κ1) is 25.5. The van der Waals surface area contributed by atoms with Crippen molar-refractivity contribution in [2.75, 3.05) is 5.73 Å². The number of aromatic nitrogens is 1. The number of pyridine rings is 1. The van der Waals surface area contributed by atoms with E-state index in [0.29, 0.717) is 22.4 Å². The van der Waals surface area contributed by atoms with Crippen molar-refractivity contribution in [1.29, 1.82) is 5.26 Å². The van der Waals surface area contributed by atoms with Gasteiger partial charge in [0.2, 0.25) is 0 Å². The molecule has 4 nitrogen and oxygen atoms in total. The molecule has 1 aliphatic rings. The molecule has 1 aliphatic carbocycles. The zero-order chi connectivity index (χ0) is 23.8. The molecule has 0 spiro atoms. The van der Waals surface area contributed by atoms with Gasteiger partial charge in [-0.1, -0.05) is 26.0 Å². The highest BCUT2D eigenvalue weighted by atomic mass is 19.1. The second-order valence-electron chi connectivity index (χ2n) is 8.84. The van der Waals surface area contributed by atoms with Crippen LogP contribution in [0, 0.1) is 31.1 Å². The summed E-state index contributed by atoms with van der Waals surface area (Å²) in [6.45, 7) is 9.65. The molecule has 172 valence electrons. The maximum Gasteiger partial charge on any atom is 0.125 e. The van der Waals surface area contributed by atoms with E-state index in [1.165, 1.54) is 26.0 Å². The van der Waals surface area contributed by atoms with Crippen molar-refractivity contribution in [1.82, 2.24) is 4.98 Å². The minimum atomic E-state index is -1.20. The summed E-state index contributed by atoms with van der Waals surface area (Å²) in [7, 11) is 0. The first-order valence-corrected chi connectivity index (χ1v) is 11.5. The minimum absolute atomic E-state index is 0.0196. The second-order valence-corrected chi connectivity index (χ2v) is 8.84. The van der Waals surface area contributed by atoms with E-state index in [4.69, 9.17) is 10.8 Å². The fourth-order valence-electron chi connectivity index (χ4n) is 4.22. The van der Waals surface area contributed by atoms with Gasteiger partial charge in [0.25, 0.3) is 0 Å². The summed E-state index contributed by atoms with van der Waals surface area (Å²) >= 11 is 0.